The van der Waals surface area contributed by atoms with Crippen LogP contribution < -0.4 is 5.32 Å². The molecule has 0 saturated heterocycles. The van der Waals surface area contributed by atoms with E-state index < -0.39 is 12.1 Å². The maximum absolute atomic E-state index is 13.7. The minimum Gasteiger partial charge on any atom is -0.481 e. The van der Waals surface area contributed by atoms with E-state index in [9.17, 15) is 19.1 Å². The predicted molar refractivity (Wildman–Crippen MR) is 124 cm³/mol. The zero-order valence-corrected chi connectivity index (χ0v) is 18.9. The number of carboxylic acid groups (broad SMARTS) is 1. The molecule has 0 aliphatic carbocycles. The van der Waals surface area contributed by atoms with Crippen LogP contribution in [0.2, 0.25) is 0 Å². The first-order valence-corrected chi connectivity index (χ1v) is 11.2. The van der Waals surface area contributed by atoms with Crippen LogP contribution in [0.1, 0.15) is 16.8 Å². The van der Waals surface area contributed by atoms with Gasteiger partial charge in [-0.15, -0.1) is 11.3 Å². The number of anilines is 1. The number of aryl methyl sites for hydroxylation is 1. The molecule has 0 unspecified atom stereocenters. The standard InChI is InChI=1S/C24H20FN3O5S/c1-14-21(27-24(31)32-11-10-15-6-3-5-9-18(15)25)22(33-28-14)19-13-34-23(26-19)17-8-4-2-7-16(17)12-20(29)30/h2-9,13H,10-12H2,1H3,(H,27,31)(H,29,30). The Labute approximate surface area is 198 Å². The Kier molecular flexibility index (Phi) is 6.98. The van der Waals surface area contributed by atoms with Crippen LogP contribution in [-0.2, 0) is 22.4 Å². The first kappa shape index (κ1) is 23.1. The molecular weight excluding hydrogens is 461 g/mol. The Hall–Kier alpha value is -4.05. The second-order valence-corrected chi connectivity index (χ2v) is 8.20. The summed E-state index contributed by atoms with van der Waals surface area (Å²) in [6.07, 6.45) is -0.621. The van der Waals surface area contributed by atoms with Gasteiger partial charge in [0.25, 0.3) is 0 Å². The van der Waals surface area contributed by atoms with Crippen molar-refractivity contribution in [3.63, 3.8) is 0 Å². The number of carboxylic acids is 1. The number of hydrogen-bond acceptors (Lipinski definition) is 7. The largest absolute Gasteiger partial charge is 0.481 e. The van der Waals surface area contributed by atoms with Gasteiger partial charge in [0.1, 0.15) is 27.9 Å². The Morgan fingerprint density at radius 3 is 2.65 bits per heavy atom. The lowest BCUT2D eigenvalue weighted by Gasteiger charge is -2.07. The molecule has 0 bridgehead atoms. The van der Waals surface area contributed by atoms with E-state index in [-0.39, 0.29) is 31.0 Å². The lowest BCUT2D eigenvalue weighted by atomic mass is 10.1. The molecule has 8 nitrogen and oxygen atoms in total. The van der Waals surface area contributed by atoms with Crippen molar-refractivity contribution in [2.45, 2.75) is 19.8 Å². The van der Waals surface area contributed by atoms with Crippen molar-refractivity contribution in [2.24, 2.45) is 0 Å². The number of hydrogen-bond donors (Lipinski definition) is 2. The summed E-state index contributed by atoms with van der Waals surface area (Å²) >= 11 is 1.32. The fourth-order valence-electron chi connectivity index (χ4n) is 3.33. The van der Waals surface area contributed by atoms with E-state index >= 15 is 0 Å². The van der Waals surface area contributed by atoms with Crippen LogP contribution in [-0.4, -0.2) is 33.9 Å². The summed E-state index contributed by atoms with van der Waals surface area (Å²) in [6, 6.07) is 13.4. The number of halogens is 1. The first-order valence-electron chi connectivity index (χ1n) is 10.3. The zero-order valence-electron chi connectivity index (χ0n) is 18.1. The monoisotopic (exact) mass is 481 g/mol. The summed E-state index contributed by atoms with van der Waals surface area (Å²) in [5.41, 5.74) is 2.98. The van der Waals surface area contributed by atoms with E-state index in [4.69, 9.17) is 9.26 Å². The van der Waals surface area contributed by atoms with Gasteiger partial charge < -0.3 is 14.4 Å². The normalized spacial score (nSPS) is 10.8. The molecule has 10 heteroatoms. The molecule has 174 valence electrons. The number of thiazole rings is 1. The van der Waals surface area contributed by atoms with Crippen molar-refractivity contribution in [2.75, 3.05) is 11.9 Å². The van der Waals surface area contributed by atoms with Crippen LogP contribution in [0.3, 0.4) is 0 Å². The van der Waals surface area contributed by atoms with Gasteiger partial charge in [0.15, 0.2) is 0 Å². The number of nitrogens with one attached hydrogen (secondary N) is 1. The SMILES string of the molecule is Cc1noc(-c2csc(-c3ccccc3CC(=O)O)n2)c1NC(=O)OCCc1ccccc1F. The molecule has 0 saturated carbocycles. The van der Waals surface area contributed by atoms with Crippen molar-refractivity contribution in [1.29, 1.82) is 0 Å². The number of carbonyl (C=O) groups excluding carboxylic acids is 1. The Bertz CT molecular complexity index is 1330. The predicted octanol–water partition coefficient (Wildman–Crippen LogP) is 5.33. The lowest BCUT2D eigenvalue weighted by molar-refractivity contribution is -0.136. The van der Waals surface area contributed by atoms with Gasteiger partial charge in [-0.2, -0.15) is 0 Å². The topological polar surface area (TPSA) is 115 Å². The van der Waals surface area contributed by atoms with Gasteiger partial charge in [-0.05, 0) is 24.1 Å². The quantitative estimate of drug-likeness (QED) is 0.349. The van der Waals surface area contributed by atoms with Crippen molar-refractivity contribution < 1.29 is 28.3 Å². The minimum absolute atomic E-state index is 0.00631. The molecule has 4 rings (SSSR count). The van der Waals surface area contributed by atoms with E-state index in [1.54, 1.807) is 48.7 Å². The summed E-state index contributed by atoms with van der Waals surface area (Å²) in [6.45, 7) is 1.66. The summed E-state index contributed by atoms with van der Waals surface area (Å²) in [5.74, 6) is -1.04. The second kappa shape index (κ2) is 10.3. The van der Waals surface area contributed by atoms with Gasteiger partial charge in [-0.25, -0.2) is 14.2 Å². The van der Waals surface area contributed by atoms with Crippen LogP contribution in [0, 0.1) is 12.7 Å². The molecule has 2 aromatic carbocycles. The maximum Gasteiger partial charge on any atom is 0.411 e. The number of aromatic nitrogens is 2. The van der Waals surface area contributed by atoms with Gasteiger partial charge in [-0.1, -0.05) is 47.6 Å². The van der Waals surface area contributed by atoms with Crippen molar-refractivity contribution in [3.8, 4) is 22.0 Å². The molecule has 2 heterocycles. The Morgan fingerprint density at radius 1 is 1.15 bits per heavy atom. The lowest BCUT2D eigenvalue weighted by Crippen LogP contribution is -2.16. The summed E-state index contributed by atoms with van der Waals surface area (Å²) < 4.78 is 24.3. The maximum atomic E-state index is 13.7. The highest BCUT2D eigenvalue weighted by Gasteiger charge is 2.21. The summed E-state index contributed by atoms with van der Waals surface area (Å²) in [7, 11) is 0. The van der Waals surface area contributed by atoms with Gasteiger partial charge in [0, 0.05) is 17.4 Å². The molecule has 0 aliphatic heterocycles. The Morgan fingerprint density at radius 2 is 1.88 bits per heavy atom. The van der Waals surface area contributed by atoms with E-state index in [0.29, 0.717) is 38.8 Å². The highest BCUT2D eigenvalue weighted by molar-refractivity contribution is 7.13. The fraction of sp³-hybridized carbons (Fsp3) is 0.167. The number of aliphatic carboxylic acids is 1. The highest BCUT2D eigenvalue weighted by Crippen LogP contribution is 2.35. The zero-order chi connectivity index (χ0) is 24.1. The molecule has 0 aliphatic rings. The third-order valence-electron chi connectivity index (χ3n) is 4.98. The smallest absolute Gasteiger partial charge is 0.411 e. The molecule has 2 aromatic heterocycles. The number of nitrogens with zero attached hydrogens (tertiary/aromatic N) is 2. The number of carbonyl (C=O) groups is 2. The minimum atomic E-state index is -0.935. The van der Waals surface area contributed by atoms with Crippen LogP contribution in [0.5, 0.6) is 0 Å². The van der Waals surface area contributed by atoms with E-state index in [2.05, 4.69) is 15.5 Å². The number of benzene rings is 2. The fourth-order valence-corrected chi connectivity index (χ4v) is 4.19. The molecule has 0 atom stereocenters. The van der Waals surface area contributed by atoms with Crippen molar-refractivity contribution in [3.05, 3.63) is 76.5 Å². The van der Waals surface area contributed by atoms with E-state index in [1.165, 1.54) is 17.4 Å². The third-order valence-corrected chi connectivity index (χ3v) is 5.85. The highest BCUT2D eigenvalue weighted by atomic mass is 32.1. The molecule has 1 amide bonds. The van der Waals surface area contributed by atoms with E-state index in [0.717, 1.165) is 0 Å². The van der Waals surface area contributed by atoms with Gasteiger partial charge in [0.2, 0.25) is 5.76 Å². The van der Waals surface area contributed by atoms with Gasteiger partial charge >= 0.3 is 12.1 Å². The van der Waals surface area contributed by atoms with E-state index in [1.807, 2.05) is 6.07 Å². The van der Waals surface area contributed by atoms with Crippen molar-refractivity contribution >= 4 is 29.1 Å². The van der Waals surface area contributed by atoms with Crippen LogP contribution in [0.4, 0.5) is 14.9 Å². The Balaban J connectivity index is 1.47. The number of rotatable bonds is 8. The molecule has 4 aromatic rings. The van der Waals surface area contributed by atoms with Gasteiger partial charge in [0.05, 0.1) is 13.0 Å². The summed E-state index contributed by atoms with van der Waals surface area (Å²) in [4.78, 5) is 28.1. The molecule has 0 spiro atoms. The molecular formula is C24H20FN3O5S. The molecule has 0 radical (unpaired) electrons. The molecule has 34 heavy (non-hydrogen) atoms. The average molecular weight is 482 g/mol. The molecule has 2 N–H and O–H groups in total. The third kappa shape index (κ3) is 5.29. The van der Waals surface area contributed by atoms with Gasteiger partial charge in [-0.3, -0.25) is 10.1 Å². The summed E-state index contributed by atoms with van der Waals surface area (Å²) in [5, 5.41) is 18.1. The van der Waals surface area contributed by atoms with Crippen molar-refractivity contribution in [1.82, 2.24) is 10.1 Å². The number of ether oxygens (including phenoxy) is 1. The van der Waals surface area contributed by atoms with Crippen LogP contribution in [0.25, 0.3) is 22.0 Å². The van der Waals surface area contributed by atoms with Crippen LogP contribution >= 0.6 is 11.3 Å². The second-order valence-electron chi connectivity index (χ2n) is 7.34. The first-order chi connectivity index (χ1) is 16.4. The van der Waals surface area contributed by atoms with Crippen LogP contribution in [0.15, 0.2) is 58.4 Å². The molecule has 0 fully saturated rings. The number of amides is 1. The average Bonchev–Trinajstić information content (AvgIpc) is 3.42.